The molecule has 9 rings (SSSR count). The second-order valence-electron chi connectivity index (χ2n) is 21.0. The van der Waals surface area contributed by atoms with Gasteiger partial charge in [-0.25, -0.2) is 0 Å². The monoisotopic (exact) mass is 695 g/mol. The molecule has 0 radical (unpaired) electrons. The fraction of sp³-hybridized carbons (Fsp3) is 0.878. The van der Waals surface area contributed by atoms with E-state index in [0.717, 1.165) is 71.1 Å². The SMILES string of the molecule is CC1(C)C2C=CCCC2C2C(C3CCCC(C4CCC(C5CC(C6=CCC(C7CCCCC7)CC6)NC(C6CCCCC6)N5)CC4)C3)=CCCC21. The van der Waals surface area contributed by atoms with E-state index in [-0.39, 0.29) is 0 Å². The summed E-state index contributed by atoms with van der Waals surface area (Å²) in [6, 6.07) is 1.37. The zero-order valence-corrected chi connectivity index (χ0v) is 33.3. The molecular weight excluding hydrogens is 617 g/mol. The normalized spacial score (nSPS) is 45.4. The van der Waals surface area contributed by atoms with Crippen molar-refractivity contribution in [2.75, 3.05) is 0 Å². The molecule has 0 aromatic rings. The molecule has 51 heavy (non-hydrogen) atoms. The summed E-state index contributed by atoms with van der Waals surface area (Å²) in [6.07, 6.45) is 49.4. The second kappa shape index (κ2) is 15.7. The Morgan fingerprint density at radius 3 is 2.08 bits per heavy atom. The van der Waals surface area contributed by atoms with Gasteiger partial charge in [0.2, 0.25) is 0 Å². The molecule has 284 valence electrons. The molecule has 9 aliphatic rings. The summed E-state index contributed by atoms with van der Waals surface area (Å²) in [4.78, 5) is 0. The van der Waals surface area contributed by atoms with Crippen molar-refractivity contribution in [1.29, 1.82) is 0 Å². The third-order valence-electron chi connectivity index (χ3n) is 18.3. The summed E-state index contributed by atoms with van der Waals surface area (Å²) in [7, 11) is 0. The van der Waals surface area contributed by atoms with E-state index < -0.39 is 0 Å². The molecule has 2 N–H and O–H groups in total. The fourth-order valence-corrected chi connectivity index (χ4v) is 15.5. The lowest BCUT2D eigenvalue weighted by atomic mass is 9.62. The highest BCUT2D eigenvalue weighted by atomic mass is 15.2. The maximum atomic E-state index is 4.37. The van der Waals surface area contributed by atoms with Gasteiger partial charge < -0.3 is 0 Å². The first-order valence-corrected chi connectivity index (χ1v) is 23.6. The topological polar surface area (TPSA) is 24.1 Å². The van der Waals surface area contributed by atoms with E-state index in [9.17, 15) is 0 Å². The number of hydrogen-bond donors (Lipinski definition) is 2. The van der Waals surface area contributed by atoms with Gasteiger partial charge in [0.1, 0.15) is 0 Å². The Labute approximate surface area is 314 Å². The van der Waals surface area contributed by atoms with Gasteiger partial charge in [-0.3, -0.25) is 10.6 Å². The van der Waals surface area contributed by atoms with E-state index in [4.69, 9.17) is 0 Å². The van der Waals surface area contributed by atoms with Crippen LogP contribution in [0.25, 0.3) is 0 Å². The van der Waals surface area contributed by atoms with Gasteiger partial charge in [-0.2, -0.15) is 0 Å². The zero-order chi connectivity index (χ0) is 34.4. The third kappa shape index (κ3) is 7.32. The Balaban J connectivity index is 0.835. The summed E-state index contributed by atoms with van der Waals surface area (Å²) in [5.74, 6) is 10.2. The van der Waals surface area contributed by atoms with Gasteiger partial charge in [0.15, 0.2) is 0 Å². The molecule has 10 unspecified atom stereocenters. The molecule has 0 amide bonds. The van der Waals surface area contributed by atoms with E-state index in [1.165, 1.54) is 167 Å². The predicted molar refractivity (Wildman–Crippen MR) is 215 cm³/mol. The number of fused-ring (bicyclic) bond motifs is 3. The lowest BCUT2D eigenvalue weighted by Crippen LogP contribution is -2.63. The number of hydrogen-bond acceptors (Lipinski definition) is 2. The van der Waals surface area contributed by atoms with E-state index in [1.807, 2.05) is 11.1 Å². The van der Waals surface area contributed by atoms with Crippen molar-refractivity contribution in [2.45, 2.75) is 199 Å². The van der Waals surface area contributed by atoms with Gasteiger partial charge >= 0.3 is 0 Å². The highest BCUT2D eigenvalue weighted by Crippen LogP contribution is 2.64. The van der Waals surface area contributed by atoms with Crippen molar-refractivity contribution < 1.29 is 0 Å². The van der Waals surface area contributed by atoms with Crippen LogP contribution in [0, 0.1) is 70.5 Å². The first-order chi connectivity index (χ1) is 25.0. The molecule has 0 spiro atoms. The highest BCUT2D eigenvalue weighted by Gasteiger charge is 2.56. The maximum absolute atomic E-state index is 4.37. The fourth-order valence-electron chi connectivity index (χ4n) is 15.5. The average Bonchev–Trinajstić information content (AvgIpc) is 3.44. The Hall–Kier alpha value is -0.860. The number of rotatable bonds is 6. The van der Waals surface area contributed by atoms with Gasteiger partial charge in [0.25, 0.3) is 0 Å². The number of allylic oxidation sites excluding steroid dienone is 5. The first kappa shape index (κ1) is 35.8. The minimum atomic E-state index is 0.487. The summed E-state index contributed by atoms with van der Waals surface area (Å²) in [5.41, 5.74) is 4.29. The molecule has 10 atom stereocenters. The smallest absolute Gasteiger partial charge is 0.0607 e. The van der Waals surface area contributed by atoms with Crippen molar-refractivity contribution in [3.8, 4) is 0 Å². The van der Waals surface area contributed by atoms with Crippen LogP contribution in [0.5, 0.6) is 0 Å². The van der Waals surface area contributed by atoms with Crippen LogP contribution in [0.2, 0.25) is 0 Å². The molecule has 8 aliphatic carbocycles. The van der Waals surface area contributed by atoms with Crippen molar-refractivity contribution in [2.24, 2.45) is 70.5 Å². The standard InChI is InChI=1S/C49H78N2/c1-49(2)43-21-10-9-19-42(43)47-41(20-12-22-44(47)49)40-18-11-17-39(31-40)35-25-29-37(30-26-35)46-32-45(50-48(51-46)38-15-7-4-8-16-38)36-27-23-34(24-28-36)33-13-5-3-6-14-33/h10,20-21,27,33-35,37-40,42-48,50-51H,3-9,11-19,22-26,28-32H2,1-2H3. The second-order valence-corrected chi connectivity index (χ2v) is 21.0. The van der Waals surface area contributed by atoms with Gasteiger partial charge in [-0.15, -0.1) is 0 Å². The third-order valence-corrected chi connectivity index (χ3v) is 18.3. The van der Waals surface area contributed by atoms with Gasteiger partial charge in [0, 0.05) is 12.1 Å². The molecular formula is C49H78N2. The Bertz CT molecular complexity index is 1250. The molecule has 1 heterocycles. The Morgan fingerprint density at radius 1 is 0.588 bits per heavy atom. The first-order valence-electron chi connectivity index (χ1n) is 23.6. The molecule has 1 saturated heterocycles. The summed E-state index contributed by atoms with van der Waals surface area (Å²) >= 11 is 0. The van der Waals surface area contributed by atoms with Crippen LogP contribution in [0.1, 0.15) is 181 Å². The highest BCUT2D eigenvalue weighted by molar-refractivity contribution is 5.26. The van der Waals surface area contributed by atoms with Crippen LogP contribution < -0.4 is 10.6 Å². The summed E-state index contributed by atoms with van der Waals surface area (Å²) in [6.45, 7) is 5.29. The molecule has 0 bridgehead atoms. The van der Waals surface area contributed by atoms with Crippen molar-refractivity contribution >= 4 is 0 Å². The average molecular weight is 695 g/mol. The quantitative estimate of drug-likeness (QED) is 0.270. The van der Waals surface area contributed by atoms with Gasteiger partial charge in [-0.1, -0.05) is 114 Å². The van der Waals surface area contributed by atoms with Crippen LogP contribution in [0.15, 0.2) is 35.5 Å². The van der Waals surface area contributed by atoms with E-state index in [1.54, 1.807) is 0 Å². The van der Waals surface area contributed by atoms with Crippen LogP contribution in [0.3, 0.4) is 0 Å². The Morgan fingerprint density at radius 2 is 1.31 bits per heavy atom. The van der Waals surface area contributed by atoms with Crippen molar-refractivity contribution in [1.82, 2.24) is 10.6 Å². The molecule has 0 aromatic carbocycles. The molecule has 2 nitrogen and oxygen atoms in total. The lowest BCUT2D eigenvalue weighted by Gasteiger charge is -2.48. The van der Waals surface area contributed by atoms with E-state index in [2.05, 4.69) is 48.8 Å². The predicted octanol–water partition coefficient (Wildman–Crippen LogP) is 12.7. The van der Waals surface area contributed by atoms with E-state index in [0.29, 0.717) is 17.6 Å². The maximum Gasteiger partial charge on any atom is 0.0607 e. The zero-order valence-electron chi connectivity index (χ0n) is 33.3. The van der Waals surface area contributed by atoms with E-state index >= 15 is 0 Å². The Kier molecular flexibility index (Phi) is 11.0. The van der Waals surface area contributed by atoms with Crippen molar-refractivity contribution in [3.63, 3.8) is 0 Å². The molecule has 1 aliphatic heterocycles. The van der Waals surface area contributed by atoms with Crippen LogP contribution in [-0.4, -0.2) is 18.2 Å². The molecule has 6 fully saturated rings. The van der Waals surface area contributed by atoms with Gasteiger partial charge in [-0.05, 0) is 173 Å². The largest absolute Gasteiger partial charge is 0.299 e. The number of nitrogens with one attached hydrogen (secondary N) is 2. The molecule has 2 heteroatoms. The summed E-state index contributed by atoms with van der Waals surface area (Å²) in [5, 5.41) is 8.67. The minimum absolute atomic E-state index is 0.487. The van der Waals surface area contributed by atoms with Crippen LogP contribution in [0.4, 0.5) is 0 Å². The van der Waals surface area contributed by atoms with Crippen molar-refractivity contribution in [3.05, 3.63) is 35.5 Å². The molecule has 5 saturated carbocycles. The molecule has 0 aromatic heterocycles. The lowest BCUT2D eigenvalue weighted by molar-refractivity contribution is 0.0918. The van der Waals surface area contributed by atoms with Gasteiger partial charge in [0.05, 0.1) is 6.17 Å². The van der Waals surface area contributed by atoms with Crippen LogP contribution >= 0.6 is 0 Å². The minimum Gasteiger partial charge on any atom is -0.299 e. The van der Waals surface area contributed by atoms with Crippen LogP contribution in [-0.2, 0) is 0 Å². The summed E-state index contributed by atoms with van der Waals surface area (Å²) < 4.78 is 0.